The summed E-state index contributed by atoms with van der Waals surface area (Å²) in [5, 5.41) is 15.0. The second kappa shape index (κ2) is 9.86. The Morgan fingerprint density at radius 3 is 2.79 bits per heavy atom. The summed E-state index contributed by atoms with van der Waals surface area (Å²) in [6.07, 6.45) is 9.28. The molecule has 1 aromatic carbocycles. The topological polar surface area (TPSA) is 112 Å². The SMILES string of the molecule is C/C1=C\[C@@H](C)C/C=C/[C@@H]2C3[C@@H](C(=O)CC[C@H](O)C1=O)C(=O)N[C@@H](Cc1c[nH]c4ccccc14)[C@]3(C)C[C@H]1O[C@@H]21. The van der Waals surface area contributed by atoms with Crippen molar-refractivity contribution >= 4 is 28.4 Å². The number of amides is 1. The zero-order valence-electron chi connectivity index (χ0n) is 22.9. The van der Waals surface area contributed by atoms with Gasteiger partial charge in [-0.2, -0.15) is 0 Å². The highest BCUT2D eigenvalue weighted by Gasteiger charge is 2.66. The predicted molar refractivity (Wildman–Crippen MR) is 148 cm³/mol. The molecule has 2 saturated heterocycles. The van der Waals surface area contributed by atoms with Gasteiger partial charge in [-0.1, -0.05) is 50.3 Å². The molecule has 0 radical (unpaired) electrons. The number of rotatable bonds is 2. The van der Waals surface area contributed by atoms with E-state index in [1.165, 1.54) is 0 Å². The molecule has 6 rings (SSSR count). The molecule has 2 aliphatic heterocycles. The maximum atomic E-state index is 13.8. The van der Waals surface area contributed by atoms with E-state index >= 15 is 0 Å². The van der Waals surface area contributed by atoms with Crippen molar-refractivity contribution in [3.8, 4) is 0 Å². The second-order valence-corrected chi connectivity index (χ2v) is 12.4. The molecule has 7 nitrogen and oxygen atoms in total. The summed E-state index contributed by atoms with van der Waals surface area (Å²) < 4.78 is 6.18. The minimum atomic E-state index is -1.25. The number of carbonyl (C=O) groups is 3. The largest absolute Gasteiger partial charge is 0.385 e. The highest BCUT2D eigenvalue weighted by Crippen LogP contribution is 2.59. The molecule has 39 heavy (non-hydrogen) atoms. The van der Waals surface area contributed by atoms with Crippen molar-refractivity contribution in [2.24, 2.45) is 29.1 Å². The average molecular weight is 531 g/mol. The third-order valence-corrected chi connectivity index (χ3v) is 9.77. The Morgan fingerprint density at radius 2 is 1.97 bits per heavy atom. The highest BCUT2D eigenvalue weighted by molar-refractivity contribution is 6.03. The van der Waals surface area contributed by atoms with E-state index in [0.717, 1.165) is 29.3 Å². The number of ketones is 2. The molecule has 0 spiro atoms. The minimum absolute atomic E-state index is 0.0150. The number of H-pyrrole nitrogens is 1. The number of benzene rings is 1. The first-order chi connectivity index (χ1) is 18.7. The van der Waals surface area contributed by atoms with Gasteiger partial charge < -0.3 is 20.1 Å². The fraction of sp³-hybridized carbons (Fsp3) is 0.531. The number of carbonyl (C=O) groups excluding carboxylic acids is 3. The lowest BCUT2D eigenvalue weighted by Gasteiger charge is -2.54. The number of hydrogen-bond acceptors (Lipinski definition) is 5. The Labute approximate surface area is 229 Å². The zero-order chi connectivity index (χ0) is 27.5. The third kappa shape index (κ3) is 4.59. The fourth-order valence-electron chi connectivity index (χ4n) is 7.68. The molecule has 4 aliphatic rings. The molecule has 9 atom stereocenters. The van der Waals surface area contributed by atoms with E-state index in [4.69, 9.17) is 4.74 Å². The average Bonchev–Trinajstić information content (AvgIpc) is 3.56. The summed E-state index contributed by atoms with van der Waals surface area (Å²) in [5.74, 6) is -1.80. The maximum Gasteiger partial charge on any atom is 0.231 e. The first-order valence-corrected chi connectivity index (χ1v) is 14.3. The van der Waals surface area contributed by atoms with Crippen LogP contribution in [0.5, 0.6) is 0 Å². The lowest BCUT2D eigenvalue weighted by atomic mass is 9.52. The molecule has 3 N–H and O–H groups in total. The van der Waals surface area contributed by atoms with Gasteiger partial charge in [-0.25, -0.2) is 0 Å². The molecule has 2 aromatic rings. The molecule has 2 aliphatic carbocycles. The van der Waals surface area contributed by atoms with Gasteiger partial charge >= 0.3 is 0 Å². The maximum absolute atomic E-state index is 13.8. The van der Waals surface area contributed by atoms with Crippen molar-refractivity contribution in [1.82, 2.24) is 10.3 Å². The quantitative estimate of drug-likeness (QED) is 0.308. The van der Waals surface area contributed by atoms with Crippen molar-refractivity contribution in [1.29, 1.82) is 0 Å². The van der Waals surface area contributed by atoms with E-state index in [-0.39, 0.29) is 71.7 Å². The number of fused-ring (bicyclic) bond motifs is 3. The van der Waals surface area contributed by atoms with Crippen LogP contribution in [-0.2, 0) is 25.5 Å². The molecule has 3 fully saturated rings. The Morgan fingerprint density at radius 1 is 1.18 bits per heavy atom. The Bertz CT molecular complexity index is 1370. The lowest BCUT2D eigenvalue weighted by molar-refractivity contribution is -0.150. The van der Waals surface area contributed by atoms with Crippen molar-refractivity contribution in [2.75, 3.05) is 0 Å². The number of Topliss-reactive ketones (excluding diaryl/α,β-unsaturated/α-hetero) is 2. The van der Waals surface area contributed by atoms with Gasteiger partial charge in [0.1, 0.15) is 17.8 Å². The van der Waals surface area contributed by atoms with E-state index in [2.05, 4.69) is 42.4 Å². The lowest BCUT2D eigenvalue weighted by Crippen LogP contribution is -2.66. The number of aromatic nitrogens is 1. The van der Waals surface area contributed by atoms with E-state index in [0.29, 0.717) is 12.0 Å². The number of ether oxygens (including phenoxy) is 1. The summed E-state index contributed by atoms with van der Waals surface area (Å²) >= 11 is 0. The van der Waals surface area contributed by atoms with Crippen LogP contribution in [0.2, 0.25) is 0 Å². The van der Waals surface area contributed by atoms with Crippen molar-refractivity contribution < 1.29 is 24.2 Å². The highest BCUT2D eigenvalue weighted by atomic mass is 16.6. The molecule has 3 heterocycles. The summed E-state index contributed by atoms with van der Waals surface area (Å²) in [5.41, 5.74) is 2.35. The van der Waals surface area contributed by atoms with Crippen LogP contribution in [0.25, 0.3) is 10.9 Å². The fourth-order valence-corrected chi connectivity index (χ4v) is 7.68. The van der Waals surface area contributed by atoms with Crippen LogP contribution in [0.1, 0.15) is 52.0 Å². The zero-order valence-corrected chi connectivity index (χ0v) is 22.9. The third-order valence-electron chi connectivity index (χ3n) is 9.77. The van der Waals surface area contributed by atoms with Gasteiger partial charge in [-0.05, 0) is 67.1 Å². The van der Waals surface area contributed by atoms with Crippen LogP contribution in [0.15, 0.2) is 54.3 Å². The number of hydrogen-bond donors (Lipinski definition) is 3. The van der Waals surface area contributed by atoms with E-state index in [9.17, 15) is 19.5 Å². The first kappa shape index (κ1) is 26.2. The van der Waals surface area contributed by atoms with Gasteiger partial charge in [0, 0.05) is 35.5 Å². The molecule has 0 bridgehead atoms. The predicted octanol–water partition coefficient (Wildman–Crippen LogP) is 4.06. The molecule has 1 saturated carbocycles. The molecule has 1 aromatic heterocycles. The number of nitrogens with one attached hydrogen (secondary N) is 2. The standard InChI is InChI=1S/C32H38N2O5/c1-17-7-6-9-21-28-27(23(35)11-12-24(36)29(37)18(2)13-17)31(38)34-26(32(28,3)15-25-30(21)39-25)14-19-16-33-22-10-5-4-8-20(19)22/h4-6,8-10,13,16-17,21,24-28,30,33,36H,7,11-12,14-15H2,1-3H3,(H,34,38)/b9-6+,18-13+/t17-,21+,24-,25+,26-,27+,28?,30-,32-/m0/s1. The summed E-state index contributed by atoms with van der Waals surface area (Å²) in [6, 6.07) is 8.01. The number of epoxide rings is 1. The van der Waals surface area contributed by atoms with Gasteiger partial charge in [0.25, 0.3) is 0 Å². The second-order valence-electron chi connectivity index (χ2n) is 12.4. The van der Waals surface area contributed by atoms with Crippen LogP contribution in [0.4, 0.5) is 0 Å². The molecule has 1 amide bonds. The van der Waals surface area contributed by atoms with Gasteiger partial charge in [-0.3, -0.25) is 14.4 Å². The number of aliphatic hydroxyl groups is 1. The summed E-state index contributed by atoms with van der Waals surface area (Å²) in [6.45, 7) is 5.98. The van der Waals surface area contributed by atoms with E-state index in [1.54, 1.807) is 6.92 Å². The van der Waals surface area contributed by atoms with Gasteiger partial charge in [0.2, 0.25) is 5.91 Å². The van der Waals surface area contributed by atoms with E-state index in [1.807, 2.05) is 30.5 Å². The summed E-state index contributed by atoms with van der Waals surface area (Å²) in [4.78, 5) is 43.6. The normalized spacial score (nSPS) is 41.0. The van der Waals surface area contributed by atoms with Crippen molar-refractivity contribution in [2.45, 2.75) is 77.2 Å². The number of aliphatic hydroxyl groups excluding tert-OH is 1. The summed E-state index contributed by atoms with van der Waals surface area (Å²) in [7, 11) is 0. The monoisotopic (exact) mass is 530 g/mol. The molecule has 7 heteroatoms. The van der Waals surface area contributed by atoms with E-state index < -0.39 is 12.0 Å². The van der Waals surface area contributed by atoms with Gasteiger partial charge in [-0.15, -0.1) is 0 Å². The van der Waals surface area contributed by atoms with Crippen LogP contribution in [-0.4, -0.2) is 51.9 Å². The molecule has 206 valence electrons. The Kier molecular flexibility index (Phi) is 6.63. The van der Waals surface area contributed by atoms with Crippen LogP contribution < -0.4 is 5.32 Å². The van der Waals surface area contributed by atoms with Gasteiger partial charge in [0.15, 0.2) is 5.78 Å². The number of piperidine rings is 1. The van der Waals surface area contributed by atoms with Crippen LogP contribution >= 0.6 is 0 Å². The number of para-hydroxylation sites is 1. The Hall–Kier alpha value is -3.03. The smallest absolute Gasteiger partial charge is 0.231 e. The van der Waals surface area contributed by atoms with Crippen molar-refractivity contribution in [3.63, 3.8) is 0 Å². The molecule has 1 unspecified atom stereocenters. The van der Waals surface area contributed by atoms with Gasteiger partial charge in [0.05, 0.1) is 12.2 Å². The number of allylic oxidation sites excluding steroid dienone is 2. The van der Waals surface area contributed by atoms with Crippen molar-refractivity contribution in [3.05, 3.63) is 59.8 Å². The first-order valence-electron chi connectivity index (χ1n) is 14.3. The minimum Gasteiger partial charge on any atom is -0.385 e. The number of aromatic amines is 1. The van der Waals surface area contributed by atoms with Crippen LogP contribution in [0, 0.1) is 29.1 Å². The molecular weight excluding hydrogens is 492 g/mol. The molecular formula is C32H38N2O5. The van der Waals surface area contributed by atoms with Crippen LogP contribution in [0.3, 0.4) is 0 Å². The Balaban J connectivity index is 1.38.